The summed E-state index contributed by atoms with van der Waals surface area (Å²) in [6.07, 6.45) is 2.28. The fraction of sp³-hybridized carbons (Fsp3) is 0.632. The molecule has 0 bridgehead atoms. The lowest BCUT2D eigenvalue weighted by molar-refractivity contribution is 0.167. The van der Waals surface area contributed by atoms with Crippen LogP contribution < -0.4 is 20.1 Å². The van der Waals surface area contributed by atoms with Gasteiger partial charge in [-0.2, -0.15) is 0 Å². The predicted octanol–water partition coefficient (Wildman–Crippen LogP) is 2.86. The molecule has 0 spiro atoms. The van der Waals surface area contributed by atoms with Gasteiger partial charge in [0.1, 0.15) is 0 Å². The Bertz CT molecular complexity index is 573. The van der Waals surface area contributed by atoms with E-state index in [1.165, 1.54) is 0 Å². The summed E-state index contributed by atoms with van der Waals surface area (Å²) in [5.41, 5.74) is 1.04. The number of benzene rings is 1. The van der Waals surface area contributed by atoms with Crippen LogP contribution in [0.25, 0.3) is 0 Å². The molecule has 1 aliphatic heterocycles. The molecule has 1 aliphatic rings. The molecule has 0 aliphatic carbocycles. The molecular weight excluding hydrogens is 443 g/mol. The molecule has 1 aromatic rings. The third-order valence-corrected chi connectivity index (χ3v) is 4.76. The van der Waals surface area contributed by atoms with Crippen molar-refractivity contribution in [3.63, 3.8) is 0 Å². The first-order valence-electron chi connectivity index (χ1n) is 9.00. The van der Waals surface area contributed by atoms with Crippen LogP contribution in [0.3, 0.4) is 0 Å². The molecule has 1 aromatic carbocycles. The highest BCUT2D eigenvalue weighted by molar-refractivity contribution is 14.0. The summed E-state index contributed by atoms with van der Waals surface area (Å²) in [6.45, 7) is 7.42. The Kier molecular flexibility index (Phi) is 10.1. The van der Waals surface area contributed by atoms with Crippen molar-refractivity contribution in [1.29, 1.82) is 0 Å². The minimum atomic E-state index is 0. The first-order chi connectivity index (χ1) is 12.1. The van der Waals surface area contributed by atoms with Crippen LogP contribution in [-0.4, -0.2) is 57.3 Å². The highest BCUT2D eigenvalue weighted by Crippen LogP contribution is 2.30. The van der Waals surface area contributed by atoms with Crippen molar-refractivity contribution in [2.24, 2.45) is 4.99 Å². The number of para-hydroxylation sites is 1. The number of likely N-dealkylation sites (tertiary alicyclic amines) is 1. The van der Waals surface area contributed by atoms with E-state index in [0.717, 1.165) is 49.0 Å². The quantitative estimate of drug-likeness (QED) is 0.376. The van der Waals surface area contributed by atoms with Crippen molar-refractivity contribution < 1.29 is 9.47 Å². The Morgan fingerprint density at radius 1 is 1.23 bits per heavy atom. The minimum Gasteiger partial charge on any atom is -0.493 e. The van der Waals surface area contributed by atoms with Gasteiger partial charge in [-0.25, -0.2) is 0 Å². The summed E-state index contributed by atoms with van der Waals surface area (Å²) in [4.78, 5) is 6.88. The van der Waals surface area contributed by atoms with Crippen LogP contribution in [0.15, 0.2) is 23.2 Å². The number of piperidine rings is 1. The fourth-order valence-electron chi connectivity index (χ4n) is 3.22. The maximum absolute atomic E-state index is 5.49. The maximum atomic E-state index is 5.49. The highest BCUT2D eigenvalue weighted by atomic mass is 127. The number of rotatable bonds is 6. The second-order valence-corrected chi connectivity index (χ2v) is 6.63. The number of ether oxygens (including phenoxy) is 2. The highest BCUT2D eigenvalue weighted by Gasteiger charge is 2.21. The largest absolute Gasteiger partial charge is 0.493 e. The van der Waals surface area contributed by atoms with Crippen LogP contribution in [0.4, 0.5) is 0 Å². The zero-order valence-electron chi connectivity index (χ0n) is 16.5. The number of hydrogen-bond acceptors (Lipinski definition) is 4. The second kappa shape index (κ2) is 11.5. The van der Waals surface area contributed by atoms with Crippen LogP contribution >= 0.6 is 24.0 Å². The van der Waals surface area contributed by atoms with E-state index in [0.29, 0.717) is 18.6 Å². The zero-order valence-corrected chi connectivity index (χ0v) is 18.9. The molecule has 0 aromatic heterocycles. The molecule has 0 amide bonds. The third-order valence-electron chi connectivity index (χ3n) is 4.76. The summed E-state index contributed by atoms with van der Waals surface area (Å²) in [5, 5.41) is 6.92. The maximum Gasteiger partial charge on any atom is 0.191 e. The monoisotopic (exact) mass is 476 g/mol. The SMILES string of the molecule is CN=C(NCc1cccc(OC)c1OC)NC1CCN(C(C)C)CC1.I. The summed E-state index contributed by atoms with van der Waals surface area (Å²) in [5.74, 6) is 2.33. The summed E-state index contributed by atoms with van der Waals surface area (Å²) >= 11 is 0. The lowest BCUT2D eigenvalue weighted by Crippen LogP contribution is -2.49. The zero-order chi connectivity index (χ0) is 18.2. The lowest BCUT2D eigenvalue weighted by Gasteiger charge is -2.35. The van der Waals surface area contributed by atoms with E-state index in [-0.39, 0.29) is 24.0 Å². The van der Waals surface area contributed by atoms with Crippen LogP contribution in [0.2, 0.25) is 0 Å². The number of nitrogens with one attached hydrogen (secondary N) is 2. The van der Waals surface area contributed by atoms with Gasteiger partial charge < -0.3 is 25.0 Å². The van der Waals surface area contributed by atoms with Crippen molar-refractivity contribution in [2.75, 3.05) is 34.4 Å². The molecule has 1 fully saturated rings. The normalized spacial score (nSPS) is 16.2. The summed E-state index contributed by atoms with van der Waals surface area (Å²) < 4.78 is 10.8. The van der Waals surface area contributed by atoms with E-state index in [2.05, 4.69) is 34.4 Å². The summed E-state index contributed by atoms with van der Waals surface area (Å²) in [7, 11) is 5.12. The minimum absolute atomic E-state index is 0. The van der Waals surface area contributed by atoms with Gasteiger partial charge in [-0.3, -0.25) is 4.99 Å². The summed E-state index contributed by atoms with van der Waals surface area (Å²) in [6, 6.07) is 6.99. The van der Waals surface area contributed by atoms with E-state index in [1.807, 2.05) is 18.2 Å². The molecule has 0 saturated carbocycles. The third kappa shape index (κ3) is 6.19. The van der Waals surface area contributed by atoms with Gasteiger partial charge in [-0.1, -0.05) is 12.1 Å². The number of aliphatic imine (C=N–C) groups is 1. The predicted molar refractivity (Wildman–Crippen MR) is 118 cm³/mol. The molecule has 0 radical (unpaired) electrons. The van der Waals surface area contributed by atoms with Gasteiger partial charge in [-0.15, -0.1) is 24.0 Å². The average Bonchev–Trinajstić information content (AvgIpc) is 2.64. The molecule has 0 atom stereocenters. The molecule has 2 N–H and O–H groups in total. The van der Waals surface area contributed by atoms with Gasteiger partial charge in [0.25, 0.3) is 0 Å². The number of halogens is 1. The Labute approximate surface area is 174 Å². The topological polar surface area (TPSA) is 58.1 Å². The van der Waals surface area contributed by atoms with Crippen molar-refractivity contribution in [3.8, 4) is 11.5 Å². The first-order valence-corrected chi connectivity index (χ1v) is 9.00. The second-order valence-electron chi connectivity index (χ2n) is 6.63. The van der Waals surface area contributed by atoms with Crippen molar-refractivity contribution in [1.82, 2.24) is 15.5 Å². The molecule has 1 saturated heterocycles. The van der Waals surface area contributed by atoms with Gasteiger partial charge >= 0.3 is 0 Å². The lowest BCUT2D eigenvalue weighted by atomic mass is 10.0. The molecular formula is C19H33IN4O2. The van der Waals surface area contributed by atoms with Crippen molar-refractivity contribution in [2.45, 2.75) is 45.3 Å². The van der Waals surface area contributed by atoms with Gasteiger partial charge in [0, 0.05) is 44.3 Å². The molecule has 148 valence electrons. The van der Waals surface area contributed by atoms with Crippen LogP contribution in [-0.2, 0) is 6.54 Å². The van der Waals surface area contributed by atoms with Gasteiger partial charge in [0.15, 0.2) is 17.5 Å². The molecule has 7 heteroatoms. The van der Waals surface area contributed by atoms with Gasteiger partial charge in [0.2, 0.25) is 0 Å². The van der Waals surface area contributed by atoms with E-state index in [4.69, 9.17) is 9.47 Å². The van der Waals surface area contributed by atoms with Gasteiger partial charge in [0.05, 0.1) is 14.2 Å². The molecule has 1 heterocycles. The van der Waals surface area contributed by atoms with Crippen LogP contribution in [0.1, 0.15) is 32.3 Å². The average molecular weight is 476 g/mol. The van der Waals surface area contributed by atoms with Crippen molar-refractivity contribution in [3.05, 3.63) is 23.8 Å². The van der Waals surface area contributed by atoms with E-state index in [1.54, 1.807) is 21.3 Å². The Morgan fingerprint density at radius 2 is 1.92 bits per heavy atom. The van der Waals surface area contributed by atoms with E-state index >= 15 is 0 Å². The standard InChI is InChI=1S/C19H32N4O2.HI/c1-14(2)23-11-9-16(10-12-23)22-19(20-3)21-13-15-7-6-8-17(24-4)18(15)25-5;/h6-8,14,16H,9-13H2,1-5H3,(H2,20,21,22);1H. The van der Waals surface area contributed by atoms with E-state index in [9.17, 15) is 0 Å². The fourth-order valence-corrected chi connectivity index (χ4v) is 3.22. The van der Waals surface area contributed by atoms with Crippen LogP contribution in [0, 0.1) is 0 Å². The first kappa shape index (κ1) is 22.8. The number of hydrogen-bond donors (Lipinski definition) is 2. The Balaban J connectivity index is 0.00000338. The molecule has 6 nitrogen and oxygen atoms in total. The van der Waals surface area contributed by atoms with Crippen LogP contribution in [0.5, 0.6) is 11.5 Å². The van der Waals surface area contributed by atoms with E-state index < -0.39 is 0 Å². The Morgan fingerprint density at radius 3 is 2.46 bits per heavy atom. The molecule has 26 heavy (non-hydrogen) atoms. The number of nitrogens with zero attached hydrogens (tertiary/aromatic N) is 2. The molecule has 2 rings (SSSR count). The smallest absolute Gasteiger partial charge is 0.191 e. The van der Waals surface area contributed by atoms with Gasteiger partial charge in [-0.05, 0) is 32.8 Å². The number of methoxy groups -OCH3 is 2. The molecule has 0 unspecified atom stereocenters. The Hall–Kier alpha value is -1.22. The number of guanidine groups is 1. The van der Waals surface area contributed by atoms with Crippen molar-refractivity contribution >= 4 is 29.9 Å².